The van der Waals surface area contributed by atoms with Crippen LogP contribution in [0.25, 0.3) is 0 Å². The first-order valence-corrected chi connectivity index (χ1v) is 10.2. The van der Waals surface area contributed by atoms with Gasteiger partial charge in [-0.2, -0.15) is 0 Å². The first-order valence-electron chi connectivity index (χ1n) is 10.2. The molecule has 0 aliphatic carbocycles. The molecule has 1 amide bonds. The van der Waals surface area contributed by atoms with Crippen LogP contribution in [0.1, 0.15) is 36.5 Å². The summed E-state index contributed by atoms with van der Waals surface area (Å²) in [6, 6.07) is 1.77. The summed E-state index contributed by atoms with van der Waals surface area (Å²) in [5.74, 6) is 1.59. The fourth-order valence-corrected chi connectivity index (χ4v) is 4.21. The molecule has 1 N–H and O–H groups in total. The van der Waals surface area contributed by atoms with E-state index in [1.807, 2.05) is 4.90 Å². The SMILES string of the molecule is CC(C)Cc1cc(C(=O)N2C[C@@H](CN3CCCN(C)CC3)[C@@H](CO)C2)no1. The van der Waals surface area contributed by atoms with E-state index in [4.69, 9.17) is 4.52 Å². The molecular formula is C20H34N4O3. The summed E-state index contributed by atoms with van der Waals surface area (Å²) >= 11 is 0. The van der Waals surface area contributed by atoms with E-state index in [2.05, 4.69) is 35.9 Å². The van der Waals surface area contributed by atoms with Crippen molar-refractivity contribution in [1.29, 1.82) is 0 Å². The minimum absolute atomic E-state index is 0.0784. The Bertz CT molecular complexity index is 618. The Balaban J connectivity index is 1.59. The Labute approximate surface area is 162 Å². The number of aliphatic hydroxyl groups excluding tert-OH is 1. The molecule has 7 heteroatoms. The molecule has 2 atom stereocenters. The van der Waals surface area contributed by atoms with Crippen molar-refractivity contribution in [2.45, 2.75) is 26.7 Å². The zero-order valence-electron chi connectivity index (χ0n) is 16.9. The Morgan fingerprint density at radius 1 is 1.26 bits per heavy atom. The number of hydrogen-bond acceptors (Lipinski definition) is 6. The second-order valence-corrected chi connectivity index (χ2v) is 8.65. The molecule has 1 aromatic heterocycles. The number of aromatic nitrogens is 1. The van der Waals surface area contributed by atoms with Crippen molar-refractivity contribution in [2.24, 2.45) is 17.8 Å². The Hall–Kier alpha value is -1.44. The Morgan fingerprint density at radius 3 is 2.78 bits per heavy atom. The van der Waals surface area contributed by atoms with Gasteiger partial charge in [-0.15, -0.1) is 0 Å². The van der Waals surface area contributed by atoms with Gasteiger partial charge in [0.2, 0.25) is 0 Å². The normalized spacial score (nSPS) is 25.3. The van der Waals surface area contributed by atoms with E-state index in [9.17, 15) is 9.90 Å². The number of likely N-dealkylation sites (N-methyl/N-ethyl adjacent to an activating group) is 1. The van der Waals surface area contributed by atoms with E-state index in [-0.39, 0.29) is 18.4 Å². The molecule has 2 fully saturated rings. The van der Waals surface area contributed by atoms with Crippen LogP contribution >= 0.6 is 0 Å². The summed E-state index contributed by atoms with van der Waals surface area (Å²) in [4.78, 5) is 19.5. The summed E-state index contributed by atoms with van der Waals surface area (Å²) in [5, 5.41) is 13.8. The van der Waals surface area contributed by atoms with Crippen molar-refractivity contribution in [3.8, 4) is 0 Å². The second-order valence-electron chi connectivity index (χ2n) is 8.65. The van der Waals surface area contributed by atoms with Crippen molar-refractivity contribution in [3.05, 3.63) is 17.5 Å². The molecule has 7 nitrogen and oxygen atoms in total. The van der Waals surface area contributed by atoms with E-state index in [1.54, 1.807) is 6.07 Å². The lowest BCUT2D eigenvalue weighted by molar-refractivity contribution is 0.0768. The number of likely N-dealkylation sites (tertiary alicyclic amines) is 1. The zero-order valence-corrected chi connectivity index (χ0v) is 16.9. The van der Waals surface area contributed by atoms with Crippen molar-refractivity contribution >= 4 is 5.91 Å². The molecule has 1 aromatic rings. The van der Waals surface area contributed by atoms with Crippen molar-refractivity contribution in [1.82, 2.24) is 19.9 Å². The third-order valence-electron chi connectivity index (χ3n) is 5.79. The number of carbonyl (C=O) groups is 1. The largest absolute Gasteiger partial charge is 0.396 e. The van der Waals surface area contributed by atoms with Crippen molar-refractivity contribution in [3.63, 3.8) is 0 Å². The van der Waals surface area contributed by atoms with Crippen LogP contribution in [-0.4, -0.2) is 90.3 Å². The fourth-order valence-electron chi connectivity index (χ4n) is 4.21. The minimum atomic E-state index is -0.0784. The first-order chi connectivity index (χ1) is 13.0. The van der Waals surface area contributed by atoms with E-state index in [0.29, 0.717) is 30.6 Å². The summed E-state index contributed by atoms with van der Waals surface area (Å²) in [6.45, 7) is 10.9. The van der Waals surface area contributed by atoms with Crippen LogP contribution in [0.2, 0.25) is 0 Å². The quantitative estimate of drug-likeness (QED) is 0.802. The molecule has 0 bridgehead atoms. The number of carbonyl (C=O) groups excluding carboxylic acids is 1. The molecule has 0 spiro atoms. The highest BCUT2D eigenvalue weighted by Crippen LogP contribution is 2.26. The highest BCUT2D eigenvalue weighted by atomic mass is 16.5. The predicted molar refractivity (Wildman–Crippen MR) is 104 cm³/mol. The van der Waals surface area contributed by atoms with Crippen molar-refractivity contribution in [2.75, 3.05) is 59.5 Å². The molecule has 2 aliphatic heterocycles. The van der Waals surface area contributed by atoms with Gasteiger partial charge in [-0.05, 0) is 38.4 Å². The van der Waals surface area contributed by atoms with E-state index in [1.165, 1.54) is 6.42 Å². The van der Waals surface area contributed by atoms with E-state index >= 15 is 0 Å². The molecule has 0 radical (unpaired) electrons. The van der Waals surface area contributed by atoms with Crippen molar-refractivity contribution < 1.29 is 14.4 Å². The van der Waals surface area contributed by atoms with E-state index < -0.39 is 0 Å². The number of amides is 1. The van der Waals surface area contributed by atoms with Gasteiger partial charge in [0, 0.05) is 57.7 Å². The molecule has 27 heavy (non-hydrogen) atoms. The number of rotatable bonds is 6. The topological polar surface area (TPSA) is 73.1 Å². The van der Waals surface area contributed by atoms with Crippen LogP contribution in [0.3, 0.4) is 0 Å². The lowest BCUT2D eigenvalue weighted by atomic mass is 9.96. The highest BCUT2D eigenvalue weighted by Gasteiger charge is 2.37. The number of hydrogen-bond donors (Lipinski definition) is 1. The van der Waals surface area contributed by atoms with Crippen LogP contribution in [0.4, 0.5) is 0 Å². The summed E-state index contributed by atoms with van der Waals surface area (Å²) in [7, 11) is 2.17. The van der Waals surface area contributed by atoms with Crippen LogP contribution < -0.4 is 0 Å². The summed E-state index contributed by atoms with van der Waals surface area (Å²) in [5.41, 5.74) is 0.388. The molecule has 0 aromatic carbocycles. The van der Waals surface area contributed by atoms with Crippen LogP contribution in [0.5, 0.6) is 0 Å². The lowest BCUT2D eigenvalue weighted by Crippen LogP contribution is -2.36. The third-order valence-corrected chi connectivity index (χ3v) is 5.79. The van der Waals surface area contributed by atoms with Gasteiger partial charge in [-0.25, -0.2) is 0 Å². The lowest BCUT2D eigenvalue weighted by Gasteiger charge is -2.26. The molecule has 3 rings (SSSR count). The average Bonchev–Trinajstić information content (AvgIpc) is 3.19. The Morgan fingerprint density at radius 2 is 2.04 bits per heavy atom. The van der Waals surface area contributed by atoms with Gasteiger partial charge >= 0.3 is 0 Å². The standard InChI is InChI=1S/C20H34N4O3/c1-15(2)9-18-10-19(21-27-18)20(26)24-12-16(17(13-24)14-25)11-23-6-4-5-22(3)7-8-23/h10,15-17,25H,4-9,11-14H2,1-3H3/t16-,17-/m1/s1. The molecule has 2 aliphatic rings. The van der Waals surface area contributed by atoms with Gasteiger partial charge in [0.25, 0.3) is 5.91 Å². The molecule has 0 unspecified atom stereocenters. The van der Waals surface area contributed by atoms with Crippen LogP contribution in [0.15, 0.2) is 10.6 Å². The smallest absolute Gasteiger partial charge is 0.276 e. The minimum Gasteiger partial charge on any atom is -0.396 e. The molecule has 2 saturated heterocycles. The first kappa shape index (κ1) is 20.3. The predicted octanol–water partition coefficient (Wildman–Crippen LogP) is 1.19. The molecular weight excluding hydrogens is 344 g/mol. The molecule has 3 heterocycles. The summed E-state index contributed by atoms with van der Waals surface area (Å²) in [6.07, 6.45) is 1.96. The van der Waals surface area contributed by atoms with Gasteiger partial charge in [0.05, 0.1) is 0 Å². The van der Waals surface area contributed by atoms with E-state index in [0.717, 1.165) is 44.9 Å². The van der Waals surface area contributed by atoms with Crippen LogP contribution in [0, 0.1) is 17.8 Å². The highest BCUT2D eigenvalue weighted by molar-refractivity contribution is 5.92. The second kappa shape index (κ2) is 9.17. The maximum absolute atomic E-state index is 12.8. The maximum atomic E-state index is 12.8. The van der Waals surface area contributed by atoms with Gasteiger partial charge < -0.3 is 24.3 Å². The monoisotopic (exact) mass is 378 g/mol. The van der Waals surface area contributed by atoms with Crippen LogP contribution in [-0.2, 0) is 6.42 Å². The molecule has 0 saturated carbocycles. The Kier molecular flexibility index (Phi) is 6.89. The zero-order chi connectivity index (χ0) is 19.4. The molecule has 152 valence electrons. The third kappa shape index (κ3) is 5.30. The fraction of sp³-hybridized carbons (Fsp3) is 0.800. The average molecular weight is 379 g/mol. The number of aliphatic hydroxyl groups is 1. The van der Waals surface area contributed by atoms with Gasteiger partial charge in [-0.1, -0.05) is 19.0 Å². The summed E-state index contributed by atoms with van der Waals surface area (Å²) < 4.78 is 5.32. The van der Waals surface area contributed by atoms with Gasteiger partial charge in [0.1, 0.15) is 5.76 Å². The number of nitrogens with zero attached hydrogens (tertiary/aromatic N) is 4. The maximum Gasteiger partial charge on any atom is 0.276 e. The van der Waals surface area contributed by atoms with Gasteiger partial charge in [0.15, 0.2) is 5.69 Å². The van der Waals surface area contributed by atoms with Gasteiger partial charge in [-0.3, -0.25) is 4.79 Å².